The van der Waals surface area contributed by atoms with Crippen molar-refractivity contribution in [1.82, 2.24) is 4.90 Å². The molecule has 1 atom stereocenters. The van der Waals surface area contributed by atoms with Crippen molar-refractivity contribution in [2.45, 2.75) is 64.3 Å². The Kier molecular flexibility index (Phi) is 4.82. The number of benzene rings is 1. The minimum absolute atomic E-state index is 0.145. The van der Waals surface area contributed by atoms with Crippen molar-refractivity contribution in [3.05, 3.63) is 18.2 Å². The van der Waals surface area contributed by atoms with E-state index < -0.39 is 11.4 Å². The zero-order valence-electron chi connectivity index (χ0n) is 15.3. The number of nitrogens with one attached hydrogen (secondary N) is 1. The Morgan fingerprint density at radius 2 is 1.92 bits per heavy atom. The highest BCUT2D eigenvalue weighted by atomic mass is 16.7. The summed E-state index contributed by atoms with van der Waals surface area (Å²) in [7, 11) is 0. The van der Waals surface area contributed by atoms with Crippen LogP contribution in [0.15, 0.2) is 18.2 Å². The van der Waals surface area contributed by atoms with Gasteiger partial charge >= 0.3 is 6.03 Å². The highest BCUT2D eigenvalue weighted by Gasteiger charge is 2.38. The molecule has 1 fully saturated rings. The van der Waals surface area contributed by atoms with E-state index in [0.717, 1.165) is 25.7 Å². The van der Waals surface area contributed by atoms with Crippen LogP contribution in [0, 0.1) is 0 Å². The number of carbonyl (C=O) groups excluding carboxylic acids is 1. The maximum atomic E-state index is 12.5. The van der Waals surface area contributed by atoms with Gasteiger partial charge in [-0.05, 0) is 38.3 Å². The lowest BCUT2D eigenvalue weighted by molar-refractivity contribution is -0.0843. The van der Waals surface area contributed by atoms with Gasteiger partial charge in [0.15, 0.2) is 11.5 Å². The minimum atomic E-state index is -0.683. The molecule has 2 N–H and O–H groups in total. The quantitative estimate of drug-likeness (QED) is 0.873. The Balaban J connectivity index is 1.66. The molecule has 0 saturated carbocycles. The zero-order chi connectivity index (χ0) is 18.1. The molecule has 0 bridgehead atoms. The molecule has 25 heavy (non-hydrogen) atoms. The third-order valence-corrected chi connectivity index (χ3v) is 5.22. The van der Waals surface area contributed by atoms with E-state index >= 15 is 0 Å². The smallest absolute Gasteiger partial charge is 0.321 e. The molecule has 3 rings (SSSR count). The van der Waals surface area contributed by atoms with Gasteiger partial charge in [-0.1, -0.05) is 13.8 Å². The first-order valence-corrected chi connectivity index (χ1v) is 9.17. The van der Waals surface area contributed by atoms with Crippen molar-refractivity contribution in [3.63, 3.8) is 0 Å². The maximum Gasteiger partial charge on any atom is 0.321 e. The van der Waals surface area contributed by atoms with Crippen molar-refractivity contribution in [1.29, 1.82) is 0 Å². The fourth-order valence-corrected chi connectivity index (χ4v) is 3.38. The first-order chi connectivity index (χ1) is 11.9. The van der Waals surface area contributed by atoms with Crippen LogP contribution in [-0.4, -0.2) is 40.5 Å². The number of rotatable bonds is 3. The molecule has 0 aromatic heterocycles. The lowest BCUT2D eigenvalue weighted by Gasteiger charge is -2.24. The van der Waals surface area contributed by atoms with E-state index in [2.05, 4.69) is 5.32 Å². The Morgan fingerprint density at radius 1 is 1.20 bits per heavy atom. The number of fused-ring (bicyclic) bond motifs is 1. The van der Waals surface area contributed by atoms with Crippen LogP contribution in [0.4, 0.5) is 10.5 Å². The molecule has 2 aliphatic heterocycles. The summed E-state index contributed by atoms with van der Waals surface area (Å²) in [4.78, 5) is 14.3. The number of hydrogen-bond acceptors (Lipinski definition) is 4. The largest absolute Gasteiger partial charge is 0.448 e. The summed E-state index contributed by atoms with van der Waals surface area (Å²) in [6.07, 6.45) is 3.63. The number of carbonyl (C=O) groups is 1. The second kappa shape index (κ2) is 6.75. The molecule has 6 heteroatoms. The second-order valence-electron chi connectivity index (χ2n) is 7.25. The Morgan fingerprint density at radius 3 is 2.64 bits per heavy atom. The maximum absolute atomic E-state index is 12.5. The summed E-state index contributed by atoms with van der Waals surface area (Å²) < 4.78 is 11.9. The number of ether oxygens (including phenoxy) is 2. The van der Waals surface area contributed by atoms with Crippen LogP contribution in [0.2, 0.25) is 0 Å². The summed E-state index contributed by atoms with van der Waals surface area (Å²) in [5.74, 6) is 0.786. The van der Waals surface area contributed by atoms with Gasteiger partial charge in [0.25, 0.3) is 5.79 Å². The van der Waals surface area contributed by atoms with Crippen LogP contribution in [-0.2, 0) is 0 Å². The predicted octanol–water partition coefficient (Wildman–Crippen LogP) is 3.74. The molecule has 138 valence electrons. The summed E-state index contributed by atoms with van der Waals surface area (Å²) in [5, 5.41) is 13.1. The van der Waals surface area contributed by atoms with Gasteiger partial charge in [-0.25, -0.2) is 4.79 Å². The van der Waals surface area contributed by atoms with E-state index in [-0.39, 0.29) is 6.03 Å². The molecule has 1 aromatic carbocycles. The summed E-state index contributed by atoms with van der Waals surface area (Å²) in [6.45, 7) is 7.11. The van der Waals surface area contributed by atoms with Gasteiger partial charge in [0.2, 0.25) is 0 Å². The van der Waals surface area contributed by atoms with Crippen molar-refractivity contribution >= 4 is 11.7 Å². The SMILES string of the molecule is CCC1(CC)Oc2ccc(NC(=O)N3CCCC(C)(O)CC3)cc2O1. The van der Waals surface area contributed by atoms with Gasteiger partial charge < -0.3 is 24.8 Å². The van der Waals surface area contributed by atoms with Crippen LogP contribution in [0.1, 0.15) is 52.9 Å². The topological polar surface area (TPSA) is 71.0 Å². The van der Waals surface area contributed by atoms with Crippen LogP contribution in [0.25, 0.3) is 0 Å². The van der Waals surface area contributed by atoms with E-state index in [1.165, 1.54) is 0 Å². The number of hydrogen-bond donors (Lipinski definition) is 2. The van der Waals surface area contributed by atoms with E-state index in [9.17, 15) is 9.90 Å². The van der Waals surface area contributed by atoms with Crippen molar-refractivity contribution < 1.29 is 19.4 Å². The Labute approximate surface area is 149 Å². The van der Waals surface area contributed by atoms with Crippen molar-refractivity contribution in [3.8, 4) is 11.5 Å². The molecule has 2 heterocycles. The monoisotopic (exact) mass is 348 g/mol. The van der Waals surface area contributed by atoms with Crippen LogP contribution < -0.4 is 14.8 Å². The molecule has 6 nitrogen and oxygen atoms in total. The molecule has 1 saturated heterocycles. The molecule has 2 aliphatic rings. The Bertz CT molecular complexity index is 640. The van der Waals surface area contributed by atoms with Crippen molar-refractivity contribution in [2.24, 2.45) is 0 Å². The third kappa shape index (κ3) is 3.84. The standard InChI is InChI=1S/C19H28N2O4/c1-4-19(5-2)24-15-8-7-14(13-16(15)25-19)20-17(22)21-11-6-9-18(3,23)10-12-21/h7-8,13,23H,4-6,9-12H2,1-3H3,(H,20,22). The fourth-order valence-electron chi connectivity index (χ4n) is 3.38. The van der Waals surface area contributed by atoms with E-state index in [0.29, 0.717) is 36.7 Å². The van der Waals surface area contributed by atoms with Gasteiger partial charge in [0.05, 0.1) is 5.60 Å². The second-order valence-corrected chi connectivity index (χ2v) is 7.25. The number of urea groups is 1. The molecule has 0 radical (unpaired) electrons. The number of anilines is 1. The Hall–Kier alpha value is -1.95. The highest BCUT2D eigenvalue weighted by molar-refractivity contribution is 5.89. The highest BCUT2D eigenvalue weighted by Crippen LogP contribution is 2.43. The average molecular weight is 348 g/mol. The van der Waals surface area contributed by atoms with Gasteiger partial charge in [-0.3, -0.25) is 0 Å². The third-order valence-electron chi connectivity index (χ3n) is 5.22. The van der Waals surface area contributed by atoms with Crippen molar-refractivity contribution in [2.75, 3.05) is 18.4 Å². The summed E-state index contributed by atoms with van der Waals surface area (Å²) in [6, 6.07) is 5.34. The molecule has 2 amide bonds. The summed E-state index contributed by atoms with van der Waals surface area (Å²) in [5.41, 5.74) is 0.00333. The molecule has 1 unspecified atom stereocenters. The van der Waals surface area contributed by atoms with Gasteiger partial charge in [0.1, 0.15) is 0 Å². The average Bonchev–Trinajstić information content (AvgIpc) is 2.86. The predicted molar refractivity (Wildman–Crippen MR) is 96.1 cm³/mol. The molecular formula is C19H28N2O4. The first-order valence-electron chi connectivity index (χ1n) is 9.17. The van der Waals surface area contributed by atoms with Gasteiger partial charge in [-0.2, -0.15) is 0 Å². The first kappa shape index (κ1) is 17.9. The van der Waals surface area contributed by atoms with E-state index in [1.54, 1.807) is 4.90 Å². The minimum Gasteiger partial charge on any atom is -0.448 e. The van der Waals surface area contributed by atoms with Crippen LogP contribution in [0.3, 0.4) is 0 Å². The number of nitrogens with zero attached hydrogens (tertiary/aromatic N) is 1. The van der Waals surface area contributed by atoms with E-state index in [1.807, 2.05) is 39.0 Å². The van der Waals surface area contributed by atoms with Crippen LogP contribution in [0.5, 0.6) is 11.5 Å². The zero-order valence-corrected chi connectivity index (χ0v) is 15.3. The normalized spacial score (nSPS) is 24.7. The van der Waals surface area contributed by atoms with Crippen LogP contribution >= 0.6 is 0 Å². The lowest BCUT2D eigenvalue weighted by atomic mass is 9.98. The molecule has 0 spiro atoms. The van der Waals surface area contributed by atoms with Gasteiger partial charge in [-0.15, -0.1) is 0 Å². The number of likely N-dealkylation sites (tertiary alicyclic amines) is 1. The molecule has 0 aliphatic carbocycles. The molecule has 1 aromatic rings. The lowest BCUT2D eigenvalue weighted by Crippen LogP contribution is -2.37. The van der Waals surface area contributed by atoms with Gasteiger partial charge in [0, 0.05) is 37.7 Å². The molecular weight excluding hydrogens is 320 g/mol. The summed E-state index contributed by atoms with van der Waals surface area (Å²) >= 11 is 0. The fraction of sp³-hybridized carbons (Fsp3) is 0.632. The van der Waals surface area contributed by atoms with E-state index in [4.69, 9.17) is 9.47 Å². The number of amides is 2. The number of aliphatic hydroxyl groups is 1.